The summed E-state index contributed by atoms with van der Waals surface area (Å²) in [6, 6.07) is 13.5. The maximum absolute atomic E-state index is 3.76. The molecule has 0 saturated heterocycles. The molecular formula is C16H20BrNS. The van der Waals surface area contributed by atoms with Gasteiger partial charge in [-0.05, 0) is 45.8 Å². The second-order valence-electron chi connectivity index (χ2n) is 5.15. The molecule has 0 spiro atoms. The molecule has 0 bridgehead atoms. The first-order valence-corrected chi connectivity index (χ1v) is 8.30. The van der Waals surface area contributed by atoms with Crippen LogP contribution in [0.4, 0.5) is 0 Å². The summed E-state index contributed by atoms with van der Waals surface area (Å²) in [6.07, 6.45) is 0. The first-order chi connectivity index (χ1) is 9.09. The minimum Gasteiger partial charge on any atom is -0.302 e. The van der Waals surface area contributed by atoms with Gasteiger partial charge in [-0.3, -0.25) is 0 Å². The third-order valence-corrected chi connectivity index (χ3v) is 5.35. The van der Waals surface area contributed by atoms with Crippen LogP contribution < -0.4 is 5.32 Å². The van der Waals surface area contributed by atoms with Gasteiger partial charge in [0.1, 0.15) is 0 Å². The topological polar surface area (TPSA) is 12.0 Å². The third kappa shape index (κ3) is 3.68. The average molecular weight is 338 g/mol. The van der Waals surface area contributed by atoms with Crippen molar-refractivity contribution in [1.29, 1.82) is 0 Å². The highest BCUT2D eigenvalue weighted by Gasteiger charge is 2.20. The van der Waals surface area contributed by atoms with Crippen molar-refractivity contribution < 1.29 is 0 Å². The fourth-order valence-corrected chi connectivity index (χ4v) is 4.03. The van der Waals surface area contributed by atoms with Gasteiger partial charge in [0.2, 0.25) is 0 Å². The van der Waals surface area contributed by atoms with E-state index in [1.807, 2.05) is 0 Å². The van der Waals surface area contributed by atoms with Crippen LogP contribution in [0.5, 0.6) is 0 Å². The van der Waals surface area contributed by atoms with Crippen molar-refractivity contribution in [2.75, 3.05) is 0 Å². The molecule has 0 amide bonds. The summed E-state index contributed by atoms with van der Waals surface area (Å²) in [7, 11) is 0. The van der Waals surface area contributed by atoms with Crippen molar-refractivity contribution in [2.24, 2.45) is 5.92 Å². The van der Waals surface area contributed by atoms with Gasteiger partial charge < -0.3 is 5.32 Å². The maximum atomic E-state index is 3.76. The van der Waals surface area contributed by atoms with Crippen LogP contribution in [0.3, 0.4) is 0 Å². The van der Waals surface area contributed by atoms with Crippen LogP contribution in [-0.4, -0.2) is 0 Å². The molecule has 0 fully saturated rings. The number of thiophene rings is 1. The number of halogens is 1. The lowest BCUT2D eigenvalue weighted by atomic mass is 9.95. The van der Waals surface area contributed by atoms with Gasteiger partial charge in [-0.25, -0.2) is 0 Å². The van der Waals surface area contributed by atoms with Crippen molar-refractivity contribution >= 4 is 27.3 Å². The summed E-state index contributed by atoms with van der Waals surface area (Å²) in [6.45, 7) is 6.76. The molecule has 1 aromatic carbocycles. The van der Waals surface area contributed by atoms with E-state index in [0.717, 1.165) is 0 Å². The molecule has 1 aromatic heterocycles. The molecule has 2 unspecified atom stereocenters. The van der Waals surface area contributed by atoms with Gasteiger partial charge in [-0.1, -0.05) is 44.2 Å². The van der Waals surface area contributed by atoms with Gasteiger partial charge in [-0.2, -0.15) is 0 Å². The van der Waals surface area contributed by atoms with Crippen LogP contribution in [0.2, 0.25) is 0 Å². The Hall–Kier alpha value is -0.640. The largest absolute Gasteiger partial charge is 0.302 e. The summed E-state index contributed by atoms with van der Waals surface area (Å²) < 4.78 is 1.20. The summed E-state index contributed by atoms with van der Waals surface area (Å²) in [5.74, 6) is 0.559. The van der Waals surface area contributed by atoms with Crippen molar-refractivity contribution in [3.05, 3.63) is 56.7 Å². The third-order valence-electron chi connectivity index (χ3n) is 3.29. The molecule has 2 rings (SSSR count). The van der Waals surface area contributed by atoms with E-state index >= 15 is 0 Å². The Morgan fingerprint density at radius 3 is 2.26 bits per heavy atom. The van der Waals surface area contributed by atoms with Crippen LogP contribution in [0.1, 0.15) is 43.3 Å². The van der Waals surface area contributed by atoms with Gasteiger partial charge >= 0.3 is 0 Å². The van der Waals surface area contributed by atoms with Crippen LogP contribution in [0.15, 0.2) is 46.3 Å². The Morgan fingerprint density at radius 1 is 1.05 bits per heavy atom. The van der Waals surface area contributed by atoms with E-state index in [4.69, 9.17) is 0 Å². The first-order valence-electron chi connectivity index (χ1n) is 6.63. The van der Waals surface area contributed by atoms with Gasteiger partial charge in [0.25, 0.3) is 0 Å². The lowest BCUT2D eigenvalue weighted by molar-refractivity contribution is 0.376. The summed E-state index contributed by atoms with van der Waals surface area (Å²) >= 11 is 5.42. The smallest absolute Gasteiger partial charge is 0.0402 e. The summed E-state index contributed by atoms with van der Waals surface area (Å²) in [5.41, 5.74) is 1.36. The molecule has 2 aromatic rings. The van der Waals surface area contributed by atoms with Crippen LogP contribution in [-0.2, 0) is 0 Å². The molecule has 1 heterocycles. The highest BCUT2D eigenvalue weighted by molar-refractivity contribution is 9.10. The fourth-order valence-electron chi connectivity index (χ4n) is 2.29. The second-order valence-corrected chi connectivity index (χ2v) is 6.96. The Labute approximate surface area is 128 Å². The van der Waals surface area contributed by atoms with E-state index < -0.39 is 0 Å². The van der Waals surface area contributed by atoms with Crippen LogP contribution >= 0.6 is 27.3 Å². The van der Waals surface area contributed by atoms with Crippen molar-refractivity contribution in [3.8, 4) is 0 Å². The molecule has 2 atom stereocenters. The molecule has 102 valence electrons. The molecule has 0 aliphatic rings. The van der Waals surface area contributed by atoms with E-state index in [0.29, 0.717) is 18.0 Å². The van der Waals surface area contributed by atoms with Crippen molar-refractivity contribution in [2.45, 2.75) is 32.9 Å². The van der Waals surface area contributed by atoms with Crippen molar-refractivity contribution in [1.82, 2.24) is 5.32 Å². The molecule has 1 N–H and O–H groups in total. The van der Waals surface area contributed by atoms with Gasteiger partial charge in [0.15, 0.2) is 0 Å². The molecule has 3 heteroatoms. The number of rotatable bonds is 5. The molecule has 0 aliphatic heterocycles. The molecule has 0 aliphatic carbocycles. The number of benzene rings is 1. The van der Waals surface area contributed by atoms with E-state index in [1.54, 1.807) is 11.3 Å². The lowest BCUT2D eigenvalue weighted by Gasteiger charge is -2.27. The Kier molecular flexibility index (Phi) is 5.20. The van der Waals surface area contributed by atoms with Crippen molar-refractivity contribution in [3.63, 3.8) is 0 Å². The lowest BCUT2D eigenvalue weighted by Crippen LogP contribution is -2.28. The quantitative estimate of drug-likeness (QED) is 0.753. The summed E-state index contributed by atoms with van der Waals surface area (Å²) in [5, 5.41) is 5.89. The van der Waals surface area contributed by atoms with Crippen LogP contribution in [0.25, 0.3) is 0 Å². The second kappa shape index (κ2) is 6.69. The average Bonchev–Trinajstić information content (AvgIpc) is 2.82. The fraction of sp³-hybridized carbons (Fsp3) is 0.375. The molecule has 19 heavy (non-hydrogen) atoms. The Morgan fingerprint density at radius 2 is 1.74 bits per heavy atom. The Bertz CT molecular complexity index is 506. The predicted molar refractivity (Wildman–Crippen MR) is 87.6 cm³/mol. The van der Waals surface area contributed by atoms with Gasteiger partial charge in [-0.15, -0.1) is 11.3 Å². The van der Waals surface area contributed by atoms with E-state index in [1.165, 1.54) is 14.9 Å². The zero-order valence-electron chi connectivity index (χ0n) is 11.6. The maximum Gasteiger partial charge on any atom is 0.0402 e. The van der Waals surface area contributed by atoms with Gasteiger partial charge in [0.05, 0.1) is 0 Å². The number of nitrogens with one attached hydrogen (secondary N) is 1. The summed E-state index contributed by atoms with van der Waals surface area (Å²) in [4.78, 5) is 1.36. The predicted octanol–water partition coefficient (Wildman–Crippen LogP) is 5.56. The number of hydrogen-bond donors (Lipinski definition) is 1. The van der Waals surface area contributed by atoms with E-state index in [2.05, 4.69) is 83.8 Å². The number of hydrogen-bond acceptors (Lipinski definition) is 2. The van der Waals surface area contributed by atoms with E-state index in [9.17, 15) is 0 Å². The normalized spacial score (nSPS) is 14.6. The van der Waals surface area contributed by atoms with Gasteiger partial charge in [0, 0.05) is 21.4 Å². The molecule has 0 radical (unpaired) electrons. The Balaban J connectivity index is 2.16. The molecule has 0 saturated carbocycles. The van der Waals surface area contributed by atoms with E-state index in [-0.39, 0.29) is 0 Å². The zero-order chi connectivity index (χ0) is 13.8. The highest BCUT2D eigenvalue weighted by Crippen LogP contribution is 2.32. The standard InChI is InChI=1S/C16H20BrNS/c1-11(2)15(13-7-5-4-6-8-13)18-12(3)16-14(17)9-10-19-16/h4-12,15,18H,1-3H3. The molecular weight excluding hydrogens is 318 g/mol. The first kappa shape index (κ1) is 14.8. The minimum atomic E-state index is 0.349. The minimum absolute atomic E-state index is 0.349. The SMILES string of the molecule is CC(NC(c1ccccc1)C(C)C)c1sccc1Br. The monoisotopic (exact) mass is 337 g/mol. The highest BCUT2D eigenvalue weighted by atomic mass is 79.9. The molecule has 1 nitrogen and oxygen atoms in total. The zero-order valence-corrected chi connectivity index (χ0v) is 14.0. The van der Waals surface area contributed by atoms with Crippen LogP contribution in [0, 0.1) is 5.92 Å².